The topological polar surface area (TPSA) is 190 Å². The first kappa shape index (κ1) is 47.4. The van der Waals surface area contributed by atoms with Gasteiger partial charge in [0.05, 0.1) is 60.8 Å². The van der Waals surface area contributed by atoms with E-state index in [2.05, 4.69) is 26.7 Å². The van der Waals surface area contributed by atoms with Crippen molar-refractivity contribution in [3.8, 4) is 104 Å². The Bertz CT molecular complexity index is 3320. The number of methoxy groups -OCH3 is 5. The van der Waals surface area contributed by atoms with Crippen molar-refractivity contribution >= 4 is 22.8 Å². The van der Waals surface area contributed by atoms with E-state index in [1.807, 2.05) is 0 Å². The molecule has 0 amide bonds. The van der Waals surface area contributed by atoms with Crippen LogP contribution in [-0.2, 0) is 0 Å². The van der Waals surface area contributed by atoms with Crippen LogP contribution in [0.3, 0.4) is 0 Å². The lowest BCUT2D eigenvalue weighted by Gasteiger charge is -2.21. The number of para-hydroxylation sites is 3. The van der Waals surface area contributed by atoms with Crippen LogP contribution in [0.15, 0.2) is 115 Å². The van der Waals surface area contributed by atoms with Crippen LogP contribution in [0, 0.1) is 42.4 Å². The Hall–Kier alpha value is -10.5. The Morgan fingerprint density at radius 1 is 0.443 bits per heavy atom. The molecule has 0 aromatic heterocycles. The summed E-state index contributed by atoms with van der Waals surface area (Å²) < 4.78 is 58.9. The number of ketones is 1. The quantitative estimate of drug-likeness (QED) is 0.0670. The van der Waals surface area contributed by atoms with E-state index in [4.69, 9.17) is 67.1 Å². The lowest BCUT2D eigenvalue weighted by atomic mass is 10.0. The molecule has 0 atom stereocenters. The van der Waals surface area contributed by atoms with Crippen molar-refractivity contribution in [1.82, 2.24) is 0 Å². The van der Waals surface area contributed by atoms with Gasteiger partial charge in [0.15, 0.2) is 28.8 Å². The summed E-state index contributed by atoms with van der Waals surface area (Å²) in [6, 6.07) is 32.1. The molecule has 7 aromatic carbocycles. The minimum atomic E-state index is -0.879. The van der Waals surface area contributed by atoms with Gasteiger partial charge in [-0.3, -0.25) is 4.79 Å². The number of rotatable bonds is 17. The van der Waals surface area contributed by atoms with Crippen LogP contribution >= 0.6 is 0 Å². The number of benzene rings is 7. The van der Waals surface area contributed by atoms with Crippen LogP contribution in [0.5, 0.6) is 92.0 Å². The summed E-state index contributed by atoms with van der Waals surface area (Å²) in [5.41, 5.74) is -0.810. The molecule has 0 bridgehead atoms. The number of nitriles is 2. The van der Waals surface area contributed by atoms with Gasteiger partial charge in [-0.1, -0.05) is 30.3 Å². The normalized spacial score (nSPS) is 10.1. The van der Waals surface area contributed by atoms with Crippen molar-refractivity contribution in [2.24, 2.45) is 0 Å². The Morgan fingerprint density at radius 3 is 1.20 bits per heavy atom. The molecule has 0 aliphatic rings. The van der Waals surface area contributed by atoms with Crippen LogP contribution in [0.4, 0.5) is 17.1 Å². The van der Waals surface area contributed by atoms with E-state index in [-0.39, 0.29) is 120 Å². The maximum Gasteiger partial charge on any atom is 0.269 e. The second-order valence-corrected chi connectivity index (χ2v) is 14.1. The molecule has 7 aromatic rings. The highest BCUT2D eigenvalue weighted by molar-refractivity contribution is 6.12. The molecular weight excluding hydrogens is 899 g/mol. The molecule has 17 nitrogen and oxygen atoms in total. The fourth-order valence-corrected chi connectivity index (χ4v) is 6.94. The summed E-state index contributed by atoms with van der Waals surface area (Å²) in [7, 11) is 6.87. The Morgan fingerprint density at radius 2 is 0.786 bits per heavy atom. The van der Waals surface area contributed by atoms with E-state index >= 15 is 4.79 Å². The van der Waals surface area contributed by atoms with E-state index in [0.29, 0.717) is 0 Å². The molecule has 70 heavy (non-hydrogen) atoms. The number of phenolic OH excluding ortho intramolecular Hbond substituents is 1. The van der Waals surface area contributed by atoms with Crippen LogP contribution in [0.1, 0.15) is 27.0 Å². The number of hydrogen-bond acceptors (Lipinski definition) is 14. The Balaban J connectivity index is 1.49. The summed E-state index contributed by atoms with van der Waals surface area (Å²) in [4.78, 5) is 25.9. The van der Waals surface area contributed by atoms with Gasteiger partial charge in [-0.15, -0.1) is 0 Å². The second kappa shape index (κ2) is 21.2. The molecule has 17 heteroatoms. The molecule has 0 aliphatic carbocycles. The molecule has 0 saturated carbocycles. The van der Waals surface area contributed by atoms with Crippen LogP contribution < -0.4 is 47.4 Å². The molecule has 344 valence electrons. The maximum atomic E-state index is 15.1. The fraction of sp³-hybridized carbons (Fsp3) is 0.0943. The van der Waals surface area contributed by atoms with Gasteiger partial charge in [0, 0.05) is 5.56 Å². The zero-order chi connectivity index (χ0) is 49.9. The first-order valence-electron chi connectivity index (χ1n) is 20.4. The Kier molecular flexibility index (Phi) is 14.3. The van der Waals surface area contributed by atoms with E-state index in [1.165, 1.54) is 96.2 Å². The van der Waals surface area contributed by atoms with Crippen molar-refractivity contribution in [2.45, 2.75) is 0 Å². The molecule has 7 rings (SSSR count). The lowest BCUT2D eigenvalue weighted by Crippen LogP contribution is -2.06. The molecule has 1 N–H and O–H groups in total. The summed E-state index contributed by atoms with van der Waals surface area (Å²) in [6.45, 7) is 23.7. The fourth-order valence-electron chi connectivity index (χ4n) is 6.94. The SMILES string of the molecule is [C-]#[N+]c1c(OC)cccc1Oc1cc(C(=O)c2ccc(Oc3cccc(OC)c3[N+]#[C-])c(Oc3cccc(OC)c3[N+]#[C-])c2O)cc(Oc2cccc(OC)c2C#N)c1Oc1cccc(OC)c1C#N. The predicted molar refractivity (Wildman–Crippen MR) is 252 cm³/mol. The first-order chi connectivity index (χ1) is 34.1. The third-order valence-corrected chi connectivity index (χ3v) is 10.2. The zero-order valence-electron chi connectivity index (χ0n) is 37.6. The maximum absolute atomic E-state index is 15.1. The van der Waals surface area contributed by atoms with Gasteiger partial charge >= 0.3 is 0 Å². The third kappa shape index (κ3) is 9.28. The van der Waals surface area contributed by atoms with E-state index < -0.39 is 17.3 Å². The molecular formula is C53H35N5O12. The summed E-state index contributed by atoms with van der Waals surface area (Å²) >= 11 is 0. The van der Waals surface area contributed by atoms with E-state index in [1.54, 1.807) is 54.6 Å². The molecule has 0 heterocycles. The molecule has 0 saturated heterocycles. The van der Waals surface area contributed by atoms with Gasteiger partial charge in [0.2, 0.25) is 11.5 Å². The van der Waals surface area contributed by atoms with Gasteiger partial charge in [-0.25, -0.2) is 14.5 Å². The van der Waals surface area contributed by atoms with E-state index in [9.17, 15) is 15.6 Å². The number of aromatic hydroxyl groups is 1. The average Bonchev–Trinajstić information content (AvgIpc) is 3.39. The van der Waals surface area contributed by atoms with E-state index in [0.717, 1.165) is 0 Å². The predicted octanol–water partition coefficient (Wildman–Crippen LogP) is 13.0. The van der Waals surface area contributed by atoms with Gasteiger partial charge in [0.1, 0.15) is 80.8 Å². The third-order valence-electron chi connectivity index (χ3n) is 10.2. The van der Waals surface area contributed by atoms with Crippen LogP contribution in [0.2, 0.25) is 0 Å². The average molecular weight is 934 g/mol. The highest BCUT2D eigenvalue weighted by Gasteiger charge is 2.29. The summed E-state index contributed by atoms with van der Waals surface area (Å²) in [5.74, 6) is -2.44. The number of carbonyl (C=O) groups excluding carboxylic acids is 1. The summed E-state index contributed by atoms with van der Waals surface area (Å²) in [6.07, 6.45) is 0. The number of hydrogen-bond donors (Lipinski definition) is 1. The minimum absolute atomic E-state index is 0.00842. The molecule has 0 unspecified atom stereocenters. The standard InChI is InChI=1S/C53H35N5O12/c1-56-47-38(63-6)18-11-21-41(47)67-44-25-24-31(51(60)53(44)70-43-23-13-20-40(65-8)49(43)58-3)50(59)30-26-45(66-36-16-9-14-34(61-4)32(36)28-54)52(69-37-17-10-15-35(62-5)33(37)29-55)46(27-30)68-42-22-12-19-39(64-7)48(42)57-2/h9-27,60H,4-8H3. The smallest absolute Gasteiger partial charge is 0.269 e. The van der Waals surface area contributed by atoms with Gasteiger partial charge in [-0.05, 0) is 84.9 Å². The molecule has 0 radical (unpaired) electrons. The van der Waals surface area contributed by atoms with Crippen molar-refractivity contribution < 1.29 is 57.3 Å². The Labute approximate surface area is 400 Å². The van der Waals surface area contributed by atoms with Crippen molar-refractivity contribution in [2.75, 3.05) is 35.5 Å². The van der Waals surface area contributed by atoms with Crippen molar-refractivity contribution in [3.63, 3.8) is 0 Å². The molecule has 0 spiro atoms. The van der Waals surface area contributed by atoms with Crippen LogP contribution in [-0.4, -0.2) is 46.4 Å². The van der Waals surface area contributed by atoms with Crippen LogP contribution in [0.25, 0.3) is 14.5 Å². The van der Waals surface area contributed by atoms with Crippen molar-refractivity contribution in [1.29, 1.82) is 10.5 Å². The van der Waals surface area contributed by atoms with Gasteiger partial charge in [-0.2, -0.15) is 10.5 Å². The summed E-state index contributed by atoms with van der Waals surface area (Å²) in [5, 5.41) is 32.8. The number of carbonyl (C=O) groups is 1. The highest BCUT2D eigenvalue weighted by Crippen LogP contribution is 2.52. The lowest BCUT2D eigenvalue weighted by molar-refractivity contribution is 0.103. The zero-order valence-corrected chi connectivity index (χ0v) is 37.6. The van der Waals surface area contributed by atoms with Gasteiger partial charge in [0.25, 0.3) is 17.1 Å². The largest absolute Gasteiger partial charge is 0.508 e. The molecule has 0 fully saturated rings. The minimum Gasteiger partial charge on any atom is -0.508 e. The monoisotopic (exact) mass is 933 g/mol. The number of nitrogens with zero attached hydrogens (tertiary/aromatic N) is 5. The van der Waals surface area contributed by atoms with Gasteiger partial charge < -0.3 is 52.5 Å². The molecule has 0 aliphatic heterocycles. The number of ether oxygens (including phenoxy) is 10. The second-order valence-electron chi connectivity index (χ2n) is 14.1. The van der Waals surface area contributed by atoms with Crippen molar-refractivity contribution in [3.05, 3.63) is 172 Å². The first-order valence-corrected chi connectivity index (χ1v) is 20.4. The number of phenols is 1. The highest BCUT2D eigenvalue weighted by atomic mass is 16.6.